The summed E-state index contributed by atoms with van der Waals surface area (Å²) in [6.07, 6.45) is 2.08. The molecule has 15 heavy (non-hydrogen) atoms. The van der Waals surface area contributed by atoms with Crippen LogP contribution in [-0.2, 0) is 6.42 Å². The van der Waals surface area contributed by atoms with Gasteiger partial charge in [0.05, 0.1) is 0 Å². The van der Waals surface area contributed by atoms with Crippen LogP contribution >= 0.6 is 0 Å². The van der Waals surface area contributed by atoms with E-state index in [1.54, 1.807) is 18.2 Å². The maximum absolute atomic E-state index is 14.2. The Bertz CT molecular complexity index is 355. The first-order valence-corrected chi connectivity index (χ1v) is 5.30. The molecular weight excluding hydrogens is 193 g/mol. The van der Waals surface area contributed by atoms with Gasteiger partial charge in [0, 0.05) is 12.5 Å². The number of phenols is 1. The van der Waals surface area contributed by atoms with Crippen molar-refractivity contribution in [3.05, 3.63) is 29.8 Å². The third-order valence-electron chi connectivity index (χ3n) is 3.02. The third-order valence-corrected chi connectivity index (χ3v) is 3.02. The summed E-state index contributed by atoms with van der Waals surface area (Å²) in [5, 5.41) is 9.28. The summed E-state index contributed by atoms with van der Waals surface area (Å²) in [4.78, 5) is 0. The largest absolute Gasteiger partial charge is 0.508 e. The van der Waals surface area contributed by atoms with Gasteiger partial charge >= 0.3 is 0 Å². The van der Waals surface area contributed by atoms with Crippen molar-refractivity contribution in [1.82, 2.24) is 0 Å². The van der Waals surface area contributed by atoms with E-state index in [-0.39, 0.29) is 11.8 Å². The fraction of sp³-hybridized carbons (Fsp3) is 0.500. The molecule has 0 heterocycles. The zero-order valence-electron chi connectivity index (χ0n) is 8.62. The number of benzene rings is 1. The number of aromatic hydroxyl groups is 1. The Balaban J connectivity index is 2.08. The van der Waals surface area contributed by atoms with Crippen molar-refractivity contribution in [3.63, 3.8) is 0 Å². The zero-order chi connectivity index (χ0) is 10.9. The van der Waals surface area contributed by atoms with Crippen molar-refractivity contribution in [2.75, 3.05) is 0 Å². The number of hydrogen-bond donors (Lipinski definition) is 2. The topological polar surface area (TPSA) is 46.2 Å². The average molecular weight is 209 g/mol. The van der Waals surface area contributed by atoms with Crippen LogP contribution in [0, 0.1) is 0 Å². The molecule has 1 aliphatic carbocycles. The van der Waals surface area contributed by atoms with Gasteiger partial charge in [-0.3, -0.25) is 0 Å². The Morgan fingerprint density at radius 1 is 1.53 bits per heavy atom. The number of rotatable bonds is 2. The molecule has 2 rings (SSSR count). The summed E-state index contributed by atoms with van der Waals surface area (Å²) in [6.45, 7) is 0. The van der Waals surface area contributed by atoms with Gasteiger partial charge in [-0.05, 0) is 37.0 Å². The maximum atomic E-state index is 14.2. The summed E-state index contributed by atoms with van der Waals surface area (Å²) < 4.78 is 14.2. The summed E-state index contributed by atoms with van der Waals surface area (Å²) >= 11 is 0. The van der Waals surface area contributed by atoms with Crippen molar-refractivity contribution < 1.29 is 9.50 Å². The van der Waals surface area contributed by atoms with Gasteiger partial charge in [0.1, 0.15) is 11.4 Å². The number of phenolic OH excluding ortho intramolecular Hbond substituents is 1. The number of hydrogen-bond acceptors (Lipinski definition) is 2. The molecule has 1 aromatic carbocycles. The molecule has 0 saturated heterocycles. The molecule has 1 saturated carbocycles. The van der Waals surface area contributed by atoms with Crippen LogP contribution in [0.5, 0.6) is 5.75 Å². The predicted molar refractivity (Wildman–Crippen MR) is 57.5 cm³/mol. The minimum Gasteiger partial charge on any atom is -0.508 e. The van der Waals surface area contributed by atoms with Crippen LogP contribution in [0.3, 0.4) is 0 Å². The lowest BCUT2D eigenvalue weighted by molar-refractivity contribution is 0.170. The molecule has 0 aliphatic heterocycles. The fourth-order valence-electron chi connectivity index (χ4n) is 2.31. The van der Waals surface area contributed by atoms with Gasteiger partial charge in [0.15, 0.2) is 0 Å². The molecule has 1 aromatic rings. The Morgan fingerprint density at radius 3 is 2.93 bits per heavy atom. The molecule has 0 aromatic heterocycles. The third kappa shape index (κ3) is 2.48. The van der Waals surface area contributed by atoms with E-state index in [9.17, 15) is 9.50 Å². The van der Waals surface area contributed by atoms with Gasteiger partial charge in [0.2, 0.25) is 0 Å². The summed E-state index contributed by atoms with van der Waals surface area (Å²) in [5.74, 6) is 0.193. The molecule has 3 N–H and O–H groups in total. The molecule has 3 heteroatoms. The zero-order valence-corrected chi connectivity index (χ0v) is 8.62. The van der Waals surface area contributed by atoms with Gasteiger partial charge in [0.25, 0.3) is 0 Å². The Kier molecular flexibility index (Phi) is 2.65. The van der Waals surface area contributed by atoms with E-state index >= 15 is 0 Å². The van der Waals surface area contributed by atoms with E-state index in [0.717, 1.165) is 12.0 Å². The summed E-state index contributed by atoms with van der Waals surface area (Å²) in [6, 6.07) is 6.78. The van der Waals surface area contributed by atoms with E-state index < -0.39 is 5.67 Å². The molecule has 2 unspecified atom stereocenters. The first-order valence-electron chi connectivity index (χ1n) is 5.30. The Labute approximate surface area is 88.9 Å². The van der Waals surface area contributed by atoms with Crippen LogP contribution in [0.4, 0.5) is 4.39 Å². The molecule has 1 fully saturated rings. The number of nitrogens with two attached hydrogens (primary N) is 1. The fourth-order valence-corrected chi connectivity index (χ4v) is 2.31. The lowest BCUT2D eigenvalue weighted by Crippen LogP contribution is -2.25. The van der Waals surface area contributed by atoms with Crippen LogP contribution in [0.25, 0.3) is 0 Å². The smallest absolute Gasteiger partial charge is 0.116 e. The second kappa shape index (κ2) is 3.81. The highest BCUT2D eigenvalue weighted by Gasteiger charge is 2.37. The number of alkyl halides is 1. The highest BCUT2D eigenvalue weighted by molar-refractivity contribution is 5.28. The van der Waals surface area contributed by atoms with Crippen molar-refractivity contribution in [2.24, 2.45) is 5.73 Å². The van der Waals surface area contributed by atoms with Gasteiger partial charge in [-0.15, -0.1) is 0 Å². The molecular formula is C12H16FNO. The van der Waals surface area contributed by atoms with Gasteiger partial charge in [-0.1, -0.05) is 12.1 Å². The van der Waals surface area contributed by atoms with Gasteiger partial charge < -0.3 is 10.8 Å². The standard InChI is InChI=1S/C12H16FNO/c13-12(5-4-10(14)8-12)7-9-2-1-3-11(15)6-9/h1-3,6,10,15H,4-5,7-8,14H2. The van der Waals surface area contributed by atoms with E-state index in [1.807, 2.05) is 6.07 Å². The molecule has 2 atom stereocenters. The van der Waals surface area contributed by atoms with Gasteiger partial charge in [-0.2, -0.15) is 0 Å². The minimum atomic E-state index is -1.17. The van der Waals surface area contributed by atoms with Crippen LogP contribution in [0.1, 0.15) is 24.8 Å². The lowest BCUT2D eigenvalue weighted by atomic mass is 9.94. The Hall–Kier alpha value is -1.09. The van der Waals surface area contributed by atoms with Crippen LogP contribution in [0.2, 0.25) is 0 Å². The second-order valence-electron chi connectivity index (χ2n) is 4.50. The highest BCUT2D eigenvalue weighted by atomic mass is 19.1. The lowest BCUT2D eigenvalue weighted by Gasteiger charge is -2.19. The van der Waals surface area contributed by atoms with Crippen LogP contribution < -0.4 is 5.73 Å². The van der Waals surface area contributed by atoms with Crippen molar-refractivity contribution >= 4 is 0 Å². The van der Waals surface area contributed by atoms with E-state index in [2.05, 4.69) is 0 Å². The molecule has 0 amide bonds. The first-order chi connectivity index (χ1) is 7.07. The monoisotopic (exact) mass is 209 g/mol. The van der Waals surface area contributed by atoms with Crippen LogP contribution in [0.15, 0.2) is 24.3 Å². The Morgan fingerprint density at radius 2 is 2.33 bits per heavy atom. The average Bonchev–Trinajstić information content (AvgIpc) is 2.45. The predicted octanol–water partition coefficient (Wildman–Crippen LogP) is 2.15. The van der Waals surface area contributed by atoms with Gasteiger partial charge in [-0.25, -0.2) is 4.39 Å². The SMILES string of the molecule is NC1CCC(F)(Cc2cccc(O)c2)C1. The normalized spacial score (nSPS) is 30.7. The molecule has 2 nitrogen and oxygen atoms in total. The second-order valence-corrected chi connectivity index (χ2v) is 4.50. The van der Waals surface area contributed by atoms with E-state index in [0.29, 0.717) is 19.3 Å². The number of halogens is 1. The van der Waals surface area contributed by atoms with Crippen molar-refractivity contribution in [3.8, 4) is 5.75 Å². The summed E-state index contributed by atoms with van der Waals surface area (Å²) in [5.41, 5.74) is 5.37. The first kappa shape index (κ1) is 10.4. The molecule has 82 valence electrons. The molecule has 0 radical (unpaired) electrons. The van der Waals surface area contributed by atoms with E-state index in [1.165, 1.54) is 0 Å². The van der Waals surface area contributed by atoms with Crippen molar-refractivity contribution in [1.29, 1.82) is 0 Å². The quantitative estimate of drug-likeness (QED) is 0.784. The molecule has 0 bridgehead atoms. The maximum Gasteiger partial charge on any atom is 0.116 e. The summed E-state index contributed by atoms with van der Waals surface area (Å²) in [7, 11) is 0. The molecule has 0 spiro atoms. The van der Waals surface area contributed by atoms with Crippen molar-refractivity contribution in [2.45, 2.75) is 37.4 Å². The molecule has 1 aliphatic rings. The highest BCUT2D eigenvalue weighted by Crippen LogP contribution is 2.36. The van der Waals surface area contributed by atoms with Crippen LogP contribution in [-0.4, -0.2) is 16.8 Å². The van der Waals surface area contributed by atoms with E-state index in [4.69, 9.17) is 5.73 Å². The minimum absolute atomic E-state index is 0.00712.